The quantitative estimate of drug-likeness (QED) is 0.681. The van der Waals surface area contributed by atoms with E-state index in [1.54, 1.807) is 6.33 Å². The predicted molar refractivity (Wildman–Crippen MR) is 81.5 cm³/mol. The molecular weight excluding hydrogens is 268 g/mol. The van der Waals surface area contributed by atoms with Gasteiger partial charge in [-0.25, -0.2) is 4.98 Å². The molecule has 0 amide bonds. The van der Waals surface area contributed by atoms with Gasteiger partial charge < -0.3 is 10.6 Å². The van der Waals surface area contributed by atoms with E-state index < -0.39 is 0 Å². The van der Waals surface area contributed by atoms with Gasteiger partial charge in [-0.2, -0.15) is 24.7 Å². The van der Waals surface area contributed by atoms with Crippen molar-refractivity contribution in [3.8, 4) is 5.95 Å². The van der Waals surface area contributed by atoms with Crippen molar-refractivity contribution < 1.29 is 0 Å². The van der Waals surface area contributed by atoms with E-state index >= 15 is 0 Å². The van der Waals surface area contributed by atoms with Gasteiger partial charge in [0.25, 0.3) is 5.95 Å². The van der Waals surface area contributed by atoms with E-state index in [0.29, 0.717) is 17.8 Å². The minimum atomic E-state index is 0.457. The summed E-state index contributed by atoms with van der Waals surface area (Å²) < 4.78 is 1.52. The number of aromatic nitrogens is 6. The Morgan fingerprint density at radius 3 is 2.33 bits per heavy atom. The Balaban J connectivity index is 2.12. The topological polar surface area (TPSA) is 93.4 Å². The van der Waals surface area contributed by atoms with E-state index in [0.717, 1.165) is 25.9 Å². The molecule has 0 aromatic carbocycles. The zero-order valence-corrected chi connectivity index (χ0v) is 12.6. The van der Waals surface area contributed by atoms with Crippen LogP contribution in [0.3, 0.4) is 0 Å². The Bertz CT molecular complexity index is 525. The fourth-order valence-corrected chi connectivity index (χ4v) is 1.75. The van der Waals surface area contributed by atoms with Gasteiger partial charge >= 0.3 is 0 Å². The van der Waals surface area contributed by atoms with E-state index in [-0.39, 0.29) is 0 Å². The highest BCUT2D eigenvalue weighted by Crippen LogP contribution is 2.09. The van der Waals surface area contributed by atoms with Gasteiger partial charge in [0.15, 0.2) is 0 Å². The van der Waals surface area contributed by atoms with Crippen LogP contribution in [0.4, 0.5) is 11.9 Å². The molecule has 21 heavy (non-hydrogen) atoms. The average Bonchev–Trinajstić information content (AvgIpc) is 3.04. The molecule has 8 nitrogen and oxygen atoms in total. The zero-order valence-electron chi connectivity index (χ0n) is 12.6. The van der Waals surface area contributed by atoms with Crippen LogP contribution in [0.5, 0.6) is 0 Å². The van der Waals surface area contributed by atoms with Gasteiger partial charge in [-0.3, -0.25) is 0 Å². The summed E-state index contributed by atoms with van der Waals surface area (Å²) in [5.74, 6) is 1.57. The molecule has 2 rings (SSSR count). The van der Waals surface area contributed by atoms with Crippen LogP contribution in [0.15, 0.2) is 12.7 Å². The average molecular weight is 290 g/mol. The molecule has 0 atom stereocenters. The van der Waals surface area contributed by atoms with Gasteiger partial charge in [0.1, 0.15) is 12.7 Å². The molecule has 8 heteroatoms. The number of anilines is 2. The standard InChI is InChI=1S/C13H22N8/c1-3-5-6-8-16-12-18-11(15-7-4-2)19-13(20-12)21-10-14-9-17-21/h9-10H,3-8H2,1-2H3,(H2,15,16,18,19,20). The predicted octanol–water partition coefficient (Wildman–Crippen LogP) is 1.88. The Labute approximate surface area is 124 Å². The highest BCUT2D eigenvalue weighted by atomic mass is 15.4. The van der Waals surface area contributed by atoms with E-state index in [2.05, 4.69) is 49.5 Å². The van der Waals surface area contributed by atoms with Crippen molar-refractivity contribution in [2.75, 3.05) is 23.7 Å². The minimum absolute atomic E-state index is 0.457. The van der Waals surface area contributed by atoms with Crippen LogP contribution in [-0.2, 0) is 0 Å². The fraction of sp³-hybridized carbons (Fsp3) is 0.615. The minimum Gasteiger partial charge on any atom is -0.354 e. The van der Waals surface area contributed by atoms with Gasteiger partial charge in [-0.15, -0.1) is 0 Å². The lowest BCUT2D eigenvalue weighted by Crippen LogP contribution is -2.14. The highest BCUT2D eigenvalue weighted by Gasteiger charge is 2.08. The second-order valence-corrected chi connectivity index (χ2v) is 4.68. The van der Waals surface area contributed by atoms with Gasteiger partial charge in [0.05, 0.1) is 0 Å². The largest absolute Gasteiger partial charge is 0.354 e. The maximum Gasteiger partial charge on any atom is 0.258 e. The van der Waals surface area contributed by atoms with E-state index in [4.69, 9.17) is 0 Å². The SMILES string of the molecule is CCCCCNc1nc(NCCC)nc(-n2cncn2)n1. The van der Waals surface area contributed by atoms with Crippen molar-refractivity contribution in [3.05, 3.63) is 12.7 Å². The molecule has 2 N–H and O–H groups in total. The summed E-state index contributed by atoms with van der Waals surface area (Å²) in [7, 11) is 0. The van der Waals surface area contributed by atoms with Crippen LogP contribution in [0.2, 0.25) is 0 Å². The second kappa shape index (κ2) is 8.13. The molecule has 2 aromatic heterocycles. The van der Waals surface area contributed by atoms with Crippen molar-refractivity contribution in [3.63, 3.8) is 0 Å². The Morgan fingerprint density at radius 1 is 0.952 bits per heavy atom. The molecule has 0 unspecified atom stereocenters. The number of hydrogen-bond donors (Lipinski definition) is 2. The normalized spacial score (nSPS) is 10.6. The summed E-state index contributed by atoms with van der Waals surface area (Å²) in [6.07, 6.45) is 7.50. The Hall–Kier alpha value is -2.25. The fourth-order valence-electron chi connectivity index (χ4n) is 1.75. The van der Waals surface area contributed by atoms with Crippen molar-refractivity contribution in [2.24, 2.45) is 0 Å². The smallest absolute Gasteiger partial charge is 0.258 e. The van der Waals surface area contributed by atoms with Crippen LogP contribution in [0.25, 0.3) is 5.95 Å². The zero-order chi connectivity index (χ0) is 14.9. The van der Waals surface area contributed by atoms with Crippen molar-refractivity contribution in [1.82, 2.24) is 29.7 Å². The lowest BCUT2D eigenvalue weighted by Gasteiger charge is -2.09. The number of rotatable bonds is 9. The van der Waals surface area contributed by atoms with Crippen LogP contribution in [0, 0.1) is 0 Å². The molecule has 0 radical (unpaired) electrons. The Kier molecular flexibility index (Phi) is 5.86. The maximum atomic E-state index is 4.37. The highest BCUT2D eigenvalue weighted by molar-refractivity contribution is 5.37. The second-order valence-electron chi connectivity index (χ2n) is 4.68. The monoisotopic (exact) mass is 290 g/mol. The van der Waals surface area contributed by atoms with Gasteiger partial charge in [-0.1, -0.05) is 26.7 Å². The first kappa shape index (κ1) is 15.1. The number of unbranched alkanes of at least 4 members (excludes halogenated alkanes) is 2. The molecule has 0 aliphatic rings. The summed E-state index contributed by atoms with van der Waals surface area (Å²) in [6.45, 7) is 5.94. The number of nitrogens with one attached hydrogen (secondary N) is 2. The first-order valence-electron chi connectivity index (χ1n) is 7.42. The van der Waals surface area contributed by atoms with Crippen molar-refractivity contribution >= 4 is 11.9 Å². The maximum absolute atomic E-state index is 4.37. The van der Waals surface area contributed by atoms with Crippen LogP contribution >= 0.6 is 0 Å². The number of nitrogens with zero attached hydrogens (tertiary/aromatic N) is 6. The molecule has 2 heterocycles. The molecule has 0 saturated carbocycles. The van der Waals surface area contributed by atoms with E-state index in [1.807, 2.05) is 0 Å². The van der Waals surface area contributed by atoms with Gasteiger partial charge in [0, 0.05) is 13.1 Å². The van der Waals surface area contributed by atoms with Gasteiger partial charge in [-0.05, 0) is 12.8 Å². The Morgan fingerprint density at radius 2 is 1.71 bits per heavy atom. The van der Waals surface area contributed by atoms with E-state index in [1.165, 1.54) is 23.9 Å². The summed E-state index contributed by atoms with van der Waals surface area (Å²) in [4.78, 5) is 17.0. The van der Waals surface area contributed by atoms with Crippen molar-refractivity contribution in [1.29, 1.82) is 0 Å². The summed E-state index contributed by atoms with van der Waals surface area (Å²) in [5, 5.41) is 10.5. The molecule has 2 aromatic rings. The third-order valence-corrected chi connectivity index (χ3v) is 2.84. The summed E-state index contributed by atoms with van der Waals surface area (Å²) in [5.41, 5.74) is 0. The third kappa shape index (κ3) is 4.66. The third-order valence-electron chi connectivity index (χ3n) is 2.84. The van der Waals surface area contributed by atoms with Crippen LogP contribution in [0.1, 0.15) is 39.5 Å². The van der Waals surface area contributed by atoms with Gasteiger partial charge in [0.2, 0.25) is 11.9 Å². The van der Waals surface area contributed by atoms with Crippen LogP contribution in [-0.4, -0.2) is 42.8 Å². The number of hydrogen-bond acceptors (Lipinski definition) is 7. The summed E-state index contributed by atoms with van der Waals surface area (Å²) in [6, 6.07) is 0. The lowest BCUT2D eigenvalue weighted by atomic mass is 10.2. The molecule has 0 spiro atoms. The molecule has 0 fully saturated rings. The molecule has 0 saturated heterocycles. The first-order chi connectivity index (χ1) is 10.3. The molecule has 0 aliphatic heterocycles. The molecule has 114 valence electrons. The molecule has 0 bridgehead atoms. The van der Waals surface area contributed by atoms with Crippen LogP contribution < -0.4 is 10.6 Å². The first-order valence-corrected chi connectivity index (χ1v) is 7.42. The lowest BCUT2D eigenvalue weighted by molar-refractivity contribution is 0.736. The molecule has 0 aliphatic carbocycles. The van der Waals surface area contributed by atoms with E-state index in [9.17, 15) is 0 Å². The van der Waals surface area contributed by atoms with Crippen molar-refractivity contribution in [2.45, 2.75) is 39.5 Å². The molecular formula is C13H22N8. The summed E-state index contributed by atoms with van der Waals surface area (Å²) >= 11 is 0.